The van der Waals surface area contributed by atoms with Crippen molar-refractivity contribution in [2.75, 3.05) is 6.61 Å². The maximum atomic E-state index is 9.39. The Morgan fingerprint density at radius 2 is 1.50 bits per heavy atom. The van der Waals surface area contributed by atoms with Crippen molar-refractivity contribution in [1.82, 2.24) is 0 Å². The van der Waals surface area contributed by atoms with E-state index in [1.54, 1.807) is 6.92 Å². The molecule has 2 atom stereocenters. The predicted molar refractivity (Wildman–Crippen MR) is 33.5 cm³/mol. The number of hydrogen-bond donors (Lipinski definition) is 3. The summed E-state index contributed by atoms with van der Waals surface area (Å²) >= 11 is 0. The zero-order valence-electron chi connectivity index (χ0n) is 5.17. The maximum Gasteiger partial charge on any atom is 0.745 e. The predicted octanol–water partition coefficient (Wildman–Crippen LogP) is 0.301. The highest BCUT2D eigenvalue weighted by molar-refractivity contribution is 7.46. The first-order valence-electron chi connectivity index (χ1n) is 2.15. The number of aliphatic hydroxyl groups excluding tert-OH is 1. The molecule has 6 nitrogen and oxygen atoms in total. The molecule has 2 unspecified atom stereocenters. The third kappa shape index (κ3) is 24.4. The summed E-state index contributed by atoms with van der Waals surface area (Å²) in [6.45, 7) is 1.93. The Morgan fingerprint density at radius 1 is 1.30 bits per heavy atom. The number of hydrogen-bond acceptors (Lipinski definition) is 4. The van der Waals surface area contributed by atoms with Crippen molar-refractivity contribution in [3.63, 3.8) is 0 Å². The van der Waals surface area contributed by atoms with Crippen LogP contribution in [0.4, 0.5) is 0 Å². The first-order chi connectivity index (χ1) is 4.54. The summed E-state index contributed by atoms with van der Waals surface area (Å²) in [5, 5.41) is 7.57. The van der Waals surface area contributed by atoms with Gasteiger partial charge in [0.1, 0.15) is 0 Å². The van der Waals surface area contributed by atoms with Crippen molar-refractivity contribution in [2.24, 2.45) is 0 Å². The zero-order valence-corrected chi connectivity index (χ0v) is 6.96. The van der Waals surface area contributed by atoms with E-state index in [4.69, 9.17) is 14.9 Å². The van der Waals surface area contributed by atoms with Crippen LogP contribution in [-0.4, -0.2) is 21.5 Å². The Hall–Kier alpha value is 0.0400. The highest BCUT2D eigenvalue weighted by atomic mass is 31.2. The average molecular weight is 190 g/mol. The summed E-state index contributed by atoms with van der Waals surface area (Å²) in [7, 11) is -5.85. The van der Waals surface area contributed by atoms with Gasteiger partial charge in [-0.25, -0.2) is 0 Å². The lowest BCUT2D eigenvalue weighted by Crippen LogP contribution is -1.58. The van der Waals surface area contributed by atoms with Crippen LogP contribution in [0.1, 0.15) is 6.92 Å². The molecule has 0 rings (SSSR count). The normalized spacial score (nSPS) is 11.2. The molecule has 0 saturated carbocycles. The minimum Gasteiger partial charge on any atom is -0.397 e. The van der Waals surface area contributed by atoms with Crippen LogP contribution in [0.5, 0.6) is 0 Å². The monoisotopic (exact) mass is 190 g/mol. The third-order valence-electron chi connectivity index (χ3n) is 0.140. The van der Waals surface area contributed by atoms with Gasteiger partial charge in [-0.1, -0.05) is 0 Å². The van der Waals surface area contributed by atoms with E-state index in [0.717, 1.165) is 0 Å². The van der Waals surface area contributed by atoms with E-state index in [1.165, 1.54) is 0 Å². The summed E-state index contributed by atoms with van der Waals surface area (Å²) < 4.78 is 22.2. The molecule has 3 N–H and O–H groups in total. The largest absolute Gasteiger partial charge is 0.745 e. The van der Waals surface area contributed by atoms with Gasteiger partial charge in [-0.3, -0.25) is 0 Å². The lowest BCUT2D eigenvalue weighted by molar-refractivity contribution is 0.318. The molecule has 0 fully saturated rings. The van der Waals surface area contributed by atoms with Crippen molar-refractivity contribution in [1.29, 1.82) is 0 Å². The summed E-state index contributed by atoms with van der Waals surface area (Å²) in [6.07, 6.45) is 0. The van der Waals surface area contributed by atoms with E-state index in [0.29, 0.717) is 0 Å². The molecular formula is C2H8O6P2+2. The van der Waals surface area contributed by atoms with Gasteiger partial charge in [-0.15, -0.1) is 9.79 Å². The highest BCUT2D eigenvalue weighted by Crippen LogP contribution is 2.30. The van der Waals surface area contributed by atoms with Gasteiger partial charge in [0.15, 0.2) is 4.31 Å². The lowest BCUT2D eigenvalue weighted by atomic mass is 10.9. The molecule has 0 aromatic heterocycles. The van der Waals surface area contributed by atoms with Crippen molar-refractivity contribution in [3.05, 3.63) is 0 Å². The second-order valence-electron chi connectivity index (χ2n) is 0.874. The Bertz CT molecular complexity index is 100. The van der Waals surface area contributed by atoms with Gasteiger partial charge < -0.3 is 5.11 Å². The molecule has 0 heterocycles. The van der Waals surface area contributed by atoms with Crippen LogP contribution in [0.2, 0.25) is 0 Å². The van der Waals surface area contributed by atoms with Crippen molar-refractivity contribution in [3.8, 4) is 0 Å². The molecule has 0 amide bonds. The SMILES string of the molecule is CCO.O=[P+](O)O[P+](=O)O. The smallest absolute Gasteiger partial charge is 0.397 e. The minimum atomic E-state index is -2.92. The Morgan fingerprint density at radius 3 is 1.50 bits per heavy atom. The van der Waals surface area contributed by atoms with E-state index in [1.807, 2.05) is 0 Å². The second kappa shape index (κ2) is 9.04. The van der Waals surface area contributed by atoms with Crippen molar-refractivity contribution >= 4 is 16.5 Å². The Labute approximate surface area is 59.4 Å². The first-order valence-corrected chi connectivity index (χ1v) is 4.41. The van der Waals surface area contributed by atoms with Gasteiger partial charge >= 0.3 is 16.5 Å². The standard InChI is InChI=1S/C2H6O.O5P2/c1-2-3;1-6(2)5-7(3)4/h3H,2H2,1H3;/p+2. The van der Waals surface area contributed by atoms with Gasteiger partial charge in [0.05, 0.1) is 0 Å². The quantitative estimate of drug-likeness (QED) is 0.541. The molecule has 10 heavy (non-hydrogen) atoms. The molecular weight excluding hydrogens is 182 g/mol. The van der Waals surface area contributed by atoms with Gasteiger partial charge in [0.2, 0.25) is 0 Å². The molecule has 0 aliphatic heterocycles. The molecule has 0 saturated heterocycles. The summed E-state index contributed by atoms with van der Waals surface area (Å²) in [6, 6.07) is 0. The molecule has 0 aromatic carbocycles. The Balaban J connectivity index is 0. The molecule has 8 heteroatoms. The van der Waals surface area contributed by atoms with Crippen molar-refractivity contribution in [2.45, 2.75) is 6.92 Å². The van der Waals surface area contributed by atoms with E-state index in [-0.39, 0.29) is 6.61 Å². The molecule has 60 valence electrons. The molecule has 0 bridgehead atoms. The average Bonchev–Trinajstić information content (AvgIpc) is 1.62. The zero-order chi connectivity index (χ0) is 8.57. The van der Waals surface area contributed by atoms with Crippen LogP contribution in [0.15, 0.2) is 0 Å². The van der Waals surface area contributed by atoms with Gasteiger partial charge in [0, 0.05) is 15.7 Å². The summed E-state index contributed by atoms with van der Waals surface area (Å²) in [5.41, 5.74) is 0. The van der Waals surface area contributed by atoms with Crippen molar-refractivity contribution < 1.29 is 28.3 Å². The summed E-state index contributed by atoms with van der Waals surface area (Å²) in [5.74, 6) is 0. The third-order valence-corrected chi connectivity index (χ3v) is 1.26. The summed E-state index contributed by atoms with van der Waals surface area (Å²) in [4.78, 5) is 15.3. The Kier molecular flexibility index (Phi) is 11.5. The molecule has 0 radical (unpaired) electrons. The highest BCUT2D eigenvalue weighted by Gasteiger charge is 2.31. The van der Waals surface area contributed by atoms with Crippen LogP contribution < -0.4 is 0 Å². The van der Waals surface area contributed by atoms with Gasteiger partial charge in [-0.2, -0.15) is 0 Å². The number of aliphatic hydroxyl groups is 1. The molecule has 0 spiro atoms. The van der Waals surface area contributed by atoms with E-state index >= 15 is 0 Å². The number of rotatable bonds is 2. The topological polar surface area (TPSA) is 104 Å². The van der Waals surface area contributed by atoms with Crippen LogP contribution in [0.3, 0.4) is 0 Å². The fourth-order valence-corrected chi connectivity index (χ4v) is 0.538. The van der Waals surface area contributed by atoms with E-state index in [2.05, 4.69) is 4.31 Å². The molecule has 0 aliphatic rings. The molecule has 0 aromatic rings. The first kappa shape index (κ1) is 12.7. The fraction of sp³-hybridized carbons (Fsp3) is 1.00. The van der Waals surface area contributed by atoms with E-state index < -0.39 is 16.5 Å². The van der Waals surface area contributed by atoms with Gasteiger partial charge in [0.25, 0.3) is 0 Å². The van der Waals surface area contributed by atoms with E-state index in [9.17, 15) is 9.13 Å². The second-order valence-corrected chi connectivity index (χ2v) is 2.48. The van der Waals surface area contributed by atoms with Crippen LogP contribution >= 0.6 is 16.5 Å². The fourth-order valence-electron chi connectivity index (χ4n) is 0.0598. The van der Waals surface area contributed by atoms with Crippen LogP contribution in [0, 0.1) is 0 Å². The molecule has 0 aliphatic carbocycles. The minimum absolute atomic E-state index is 0.250. The lowest BCUT2D eigenvalue weighted by Gasteiger charge is -1.52. The maximum absolute atomic E-state index is 9.39. The van der Waals surface area contributed by atoms with Crippen LogP contribution in [-0.2, 0) is 13.4 Å². The van der Waals surface area contributed by atoms with Crippen LogP contribution in [0.25, 0.3) is 0 Å². The van der Waals surface area contributed by atoms with Gasteiger partial charge in [-0.05, 0) is 6.92 Å².